The van der Waals surface area contributed by atoms with Crippen LogP contribution in [-0.4, -0.2) is 11.5 Å². The van der Waals surface area contributed by atoms with Crippen molar-refractivity contribution in [3.8, 4) is 10.6 Å². The molecule has 1 N–H and O–H groups in total. The van der Waals surface area contributed by atoms with E-state index in [0.717, 1.165) is 23.7 Å². The fourth-order valence-corrected chi connectivity index (χ4v) is 3.04. The van der Waals surface area contributed by atoms with Crippen LogP contribution in [0.1, 0.15) is 24.6 Å². The van der Waals surface area contributed by atoms with Gasteiger partial charge in [-0.1, -0.05) is 12.1 Å². The molecule has 0 aliphatic carbocycles. The number of nitrogens with zero attached hydrogens (tertiary/aromatic N) is 1. The van der Waals surface area contributed by atoms with Crippen molar-refractivity contribution in [1.82, 2.24) is 10.3 Å². The van der Waals surface area contributed by atoms with Crippen LogP contribution in [0.25, 0.3) is 10.6 Å². The smallest absolute Gasteiger partial charge is 0.133 e. The van der Waals surface area contributed by atoms with Crippen molar-refractivity contribution in [2.75, 3.05) is 6.54 Å². The maximum atomic E-state index is 13.6. The zero-order chi connectivity index (χ0) is 11.7. The lowest BCUT2D eigenvalue weighted by molar-refractivity contribution is 0.626. The van der Waals surface area contributed by atoms with Gasteiger partial charge >= 0.3 is 0 Å². The molecular formula is C13H13FN2S. The third-order valence-electron chi connectivity index (χ3n) is 3.04. The molecule has 0 spiro atoms. The van der Waals surface area contributed by atoms with E-state index in [0.29, 0.717) is 11.6 Å². The van der Waals surface area contributed by atoms with Gasteiger partial charge in [-0.05, 0) is 31.5 Å². The number of aromatic nitrogens is 1. The molecule has 3 rings (SSSR count). The first-order valence-corrected chi connectivity index (χ1v) is 6.66. The number of hydrogen-bond donors (Lipinski definition) is 1. The molecule has 1 aliphatic rings. The first-order chi connectivity index (χ1) is 8.34. The van der Waals surface area contributed by atoms with E-state index in [1.807, 2.05) is 11.4 Å². The Hall–Kier alpha value is -1.26. The molecule has 0 unspecified atom stereocenters. The monoisotopic (exact) mass is 248 g/mol. The molecule has 1 aromatic heterocycles. The van der Waals surface area contributed by atoms with E-state index in [1.165, 1.54) is 23.8 Å². The fraction of sp³-hybridized carbons (Fsp3) is 0.308. The average molecular weight is 248 g/mol. The molecule has 0 bridgehead atoms. The molecule has 1 fully saturated rings. The van der Waals surface area contributed by atoms with Crippen LogP contribution in [0.4, 0.5) is 4.39 Å². The predicted molar refractivity (Wildman–Crippen MR) is 67.5 cm³/mol. The SMILES string of the molecule is Fc1ccccc1-c1nc([C@@H]2CCCN2)cs1. The van der Waals surface area contributed by atoms with E-state index in [2.05, 4.69) is 10.3 Å². The van der Waals surface area contributed by atoms with Crippen molar-refractivity contribution in [2.45, 2.75) is 18.9 Å². The van der Waals surface area contributed by atoms with Crippen molar-refractivity contribution in [1.29, 1.82) is 0 Å². The highest BCUT2D eigenvalue weighted by Crippen LogP contribution is 2.30. The molecule has 0 amide bonds. The summed E-state index contributed by atoms with van der Waals surface area (Å²) in [5, 5.41) is 6.21. The van der Waals surface area contributed by atoms with Gasteiger partial charge in [0.05, 0.1) is 11.7 Å². The summed E-state index contributed by atoms with van der Waals surface area (Å²) in [7, 11) is 0. The standard InChI is InChI=1S/C13H13FN2S/c14-10-5-2-1-4-9(10)13-16-12(8-17-13)11-6-3-7-15-11/h1-2,4-5,8,11,15H,3,6-7H2/t11-/m0/s1. The van der Waals surface area contributed by atoms with Crippen LogP contribution < -0.4 is 5.32 Å². The maximum absolute atomic E-state index is 13.6. The summed E-state index contributed by atoms with van der Waals surface area (Å²) in [4.78, 5) is 4.54. The minimum atomic E-state index is -0.201. The Kier molecular flexibility index (Phi) is 2.91. The van der Waals surface area contributed by atoms with Gasteiger partial charge in [0.2, 0.25) is 0 Å². The highest BCUT2D eigenvalue weighted by Gasteiger charge is 2.19. The second-order valence-electron chi connectivity index (χ2n) is 4.21. The van der Waals surface area contributed by atoms with E-state index >= 15 is 0 Å². The van der Waals surface area contributed by atoms with Crippen molar-refractivity contribution in [3.05, 3.63) is 41.2 Å². The summed E-state index contributed by atoms with van der Waals surface area (Å²) in [6, 6.07) is 7.15. The van der Waals surface area contributed by atoms with E-state index < -0.39 is 0 Å². The number of halogens is 1. The van der Waals surface area contributed by atoms with E-state index in [-0.39, 0.29) is 5.82 Å². The van der Waals surface area contributed by atoms with Crippen molar-refractivity contribution in [2.24, 2.45) is 0 Å². The van der Waals surface area contributed by atoms with E-state index in [1.54, 1.807) is 12.1 Å². The summed E-state index contributed by atoms with van der Waals surface area (Å²) in [6.45, 7) is 1.05. The van der Waals surface area contributed by atoms with Crippen LogP contribution in [0.3, 0.4) is 0 Å². The highest BCUT2D eigenvalue weighted by atomic mass is 32.1. The molecule has 4 heteroatoms. The molecule has 0 radical (unpaired) electrons. The Morgan fingerprint density at radius 1 is 1.35 bits per heavy atom. The van der Waals surface area contributed by atoms with Crippen LogP contribution in [0.15, 0.2) is 29.6 Å². The third-order valence-corrected chi connectivity index (χ3v) is 3.94. The molecule has 2 aromatic rings. The topological polar surface area (TPSA) is 24.9 Å². The van der Waals surface area contributed by atoms with Gasteiger partial charge in [0.1, 0.15) is 10.8 Å². The second kappa shape index (κ2) is 4.55. The van der Waals surface area contributed by atoms with Crippen LogP contribution in [0, 0.1) is 5.82 Å². The van der Waals surface area contributed by atoms with Gasteiger partial charge in [-0.3, -0.25) is 0 Å². The third kappa shape index (κ3) is 2.10. The van der Waals surface area contributed by atoms with E-state index in [9.17, 15) is 4.39 Å². The fourth-order valence-electron chi connectivity index (χ4n) is 2.14. The molecule has 2 heterocycles. The van der Waals surface area contributed by atoms with Gasteiger partial charge in [-0.25, -0.2) is 9.37 Å². The van der Waals surface area contributed by atoms with Gasteiger partial charge in [0.25, 0.3) is 0 Å². The summed E-state index contributed by atoms with van der Waals surface area (Å²) in [5.41, 5.74) is 1.65. The van der Waals surface area contributed by atoms with Crippen LogP contribution in [-0.2, 0) is 0 Å². The van der Waals surface area contributed by atoms with Gasteiger partial charge < -0.3 is 5.32 Å². The van der Waals surface area contributed by atoms with Crippen LogP contribution in [0.2, 0.25) is 0 Å². The van der Waals surface area contributed by atoms with Crippen LogP contribution >= 0.6 is 11.3 Å². The molecule has 0 saturated carbocycles. The number of benzene rings is 1. The molecule has 1 saturated heterocycles. The van der Waals surface area contributed by atoms with Crippen molar-refractivity contribution >= 4 is 11.3 Å². The summed E-state index contributed by atoms with van der Waals surface area (Å²) >= 11 is 1.51. The Morgan fingerprint density at radius 3 is 3.00 bits per heavy atom. The van der Waals surface area contributed by atoms with Crippen LogP contribution in [0.5, 0.6) is 0 Å². The maximum Gasteiger partial charge on any atom is 0.133 e. The Morgan fingerprint density at radius 2 is 2.24 bits per heavy atom. The minimum Gasteiger partial charge on any atom is -0.309 e. The molecule has 88 valence electrons. The van der Waals surface area contributed by atoms with E-state index in [4.69, 9.17) is 0 Å². The lowest BCUT2D eigenvalue weighted by Crippen LogP contribution is -2.12. The van der Waals surface area contributed by atoms with Gasteiger partial charge in [0.15, 0.2) is 0 Å². The molecule has 2 nitrogen and oxygen atoms in total. The predicted octanol–water partition coefficient (Wildman–Crippen LogP) is 3.37. The quantitative estimate of drug-likeness (QED) is 0.881. The molecule has 1 aliphatic heterocycles. The summed E-state index contributed by atoms with van der Waals surface area (Å²) in [6.07, 6.45) is 2.32. The summed E-state index contributed by atoms with van der Waals surface area (Å²) < 4.78 is 13.6. The number of thiazole rings is 1. The minimum absolute atomic E-state index is 0.201. The first kappa shape index (κ1) is 10.9. The zero-order valence-corrected chi connectivity index (χ0v) is 10.1. The Bertz CT molecular complexity index is 518. The van der Waals surface area contributed by atoms with Gasteiger partial charge in [-0.15, -0.1) is 11.3 Å². The average Bonchev–Trinajstić information content (AvgIpc) is 3.00. The lowest BCUT2D eigenvalue weighted by Gasteiger charge is -2.05. The molecule has 1 aromatic carbocycles. The van der Waals surface area contributed by atoms with Gasteiger partial charge in [-0.2, -0.15) is 0 Å². The Balaban J connectivity index is 1.92. The molecule has 1 atom stereocenters. The van der Waals surface area contributed by atoms with Gasteiger partial charge in [0, 0.05) is 10.9 Å². The zero-order valence-electron chi connectivity index (χ0n) is 9.32. The normalized spacial score (nSPS) is 19.7. The molecule has 17 heavy (non-hydrogen) atoms. The number of hydrogen-bond acceptors (Lipinski definition) is 3. The van der Waals surface area contributed by atoms with Crippen molar-refractivity contribution in [3.63, 3.8) is 0 Å². The molecular weight excluding hydrogens is 235 g/mol. The highest BCUT2D eigenvalue weighted by molar-refractivity contribution is 7.13. The lowest BCUT2D eigenvalue weighted by atomic mass is 10.2. The number of nitrogens with one attached hydrogen (secondary N) is 1. The van der Waals surface area contributed by atoms with Crippen molar-refractivity contribution < 1.29 is 4.39 Å². The second-order valence-corrected chi connectivity index (χ2v) is 5.06. The first-order valence-electron chi connectivity index (χ1n) is 5.78. The Labute approximate surface area is 104 Å². The summed E-state index contributed by atoms with van der Waals surface area (Å²) in [5.74, 6) is -0.201. The number of rotatable bonds is 2. The largest absolute Gasteiger partial charge is 0.309 e.